The van der Waals surface area contributed by atoms with E-state index in [0.29, 0.717) is 6.04 Å². The van der Waals surface area contributed by atoms with Gasteiger partial charge in [-0.15, -0.1) is 23.9 Å². The van der Waals surface area contributed by atoms with Gasteiger partial charge in [0.2, 0.25) is 0 Å². The summed E-state index contributed by atoms with van der Waals surface area (Å²) in [5, 5.41) is 3.91. The zero-order valence-electron chi connectivity index (χ0n) is 16.6. The van der Waals surface area contributed by atoms with Gasteiger partial charge >= 0.3 is 17.1 Å². The Hall–Kier alpha value is -2.36. The maximum atomic E-state index is 3.36. The average Bonchev–Trinajstić information content (AvgIpc) is 3.45. The van der Waals surface area contributed by atoms with E-state index in [1.807, 2.05) is 0 Å². The second-order valence-electron chi connectivity index (χ2n) is 6.41. The Labute approximate surface area is 186 Å². The van der Waals surface area contributed by atoms with Crippen LogP contribution in [0.3, 0.4) is 0 Å². The molecule has 2 atom stereocenters. The summed E-state index contributed by atoms with van der Waals surface area (Å²) >= 11 is 0. The molecule has 1 unspecified atom stereocenters. The van der Waals surface area contributed by atoms with Crippen molar-refractivity contribution in [2.45, 2.75) is 13.0 Å². The first-order valence-electron chi connectivity index (χ1n) is 9.01. The molecule has 142 valence electrons. The number of allylic oxidation sites excluding steroid dienone is 6. The molecule has 0 bridgehead atoms. The monoisotopic (exact) mass is 433 g/mol. The topological polar surface area (TPSA) is 3.24 Å². The molecule has 3 aliphatic rings. The summed E-state index contributed by atoms with van der Waals surface area (Å²) < 4.78 is 0. The van der Waals surface area contributed by atoms with Gasteiger partial charge in [0, 0.05) is 16.9 Å². The van der Waals surface area contributed by atoms with Crippen molar-refractivity contribution >= 4 is 13.2 Å². The summed E-state index contributed by atoms with van der Waals surface area (Å²) in [5.74, 6) is 0. The van der Waals surface area contributed by atoms with Crippen LogP contribution in [0.25, 0.3) is 0 Å². The zero-order chi connectivity index (χ0) is 19.8. The number of nitrogens with zero attached hydrogens (tertiary/aromatic N) is 1. The molecule has 3 aliphatic carbocycles. The van der Waals surface area contributed by atoms with Crippen LogP contribution in [0.15, 0.2) is 99.1 Å². The molecule has 0 heterocycles. The van der Waals surface area contributed by atoms with Crippen LogP contribution in [0.5, 0.6) is 0 Å². The third kappa shape index (κ3) is 6.06. The van der Waals surface area contributed by atoms with E-state index >= 15 is 0 Å². The Morgan fingerprint density at radius 2 is 1.86 bits per heavy atom. The summed E-state index contributed by atoms with van der Waals surface area (Å²) in [6, 6.07) is 11.0. The molecule has 2 radical (unpaired) electrons. The maximum absolute atomic E-state index is 3.36. The van der Waals surface area contributed by atoms with E-state index in [2.05, 4.69) is 134 Å². The smallest absolute Gasteiger partial charge is 0.302 e. The fourth-order valence-corrected chi connectivity index (χ4v) is 5.15. The average molecular weight is 433 g/mol. The van der Waals surface area contributed by atoms with E-state index in [1.54, 1.807) is 0 Å². The molecule has 0 spiro atoms. The molecule has 3 heteroatoms. The maximum Gasteiger partial charge on any atom is 2.00 e. The molecular weight excluding hydrogens is 413 g/mol. The molecule has 4 rings (SSSR count). The quantitative estimate of drug-likeness (QED) is 0.275. The Kier molecular flexibility index (Phi) is 9.17. The Bertz CT molecular complexity index is 1050. The molecule has 29 heavy (non-hydrogen) atoms. The van der Waals surface area contributed by atoms with Crippen molar-refractivity contribution in [2.75, 3.05) is 14.1 Å². The molecule has 0 aliphatic heterocycles. The molecule has 1 aromatic rings. The van der Waals surface area contributed by atoms with Crippen LogP contribution in [0, 0.1) is 25.0 Å². The van der Waals surface area contributed by atoms with Crippen molar-refractivity contribution in [3.63, 3.8) is 0 Å². The van der Waals surface area contributed by atoms with Gasteiger partial charge in [-0.3, -0.25) is 11.5 Å². The predicted molar refractivity (Wildman–Crippen MR) is 117 cm³/mol. The van der Waals surface area contributed by atoms with E-state index in [9.17, 15) is 0 Å². The first-order valence-corrected chi connectivity index (χ1v) is 10.4. The van der Waals surface area contributed by atoms with Crippen LogP contribution < -0.4 is 5.30 Å². The van der Waals surface area contributed by atoms with E-state index in [0.717, 1.165) is 0 Å². The Morgan fingerprint density at radius 3 is 2.41 bits per heavy atom. The summed E-state index contributed by atoms with van der Waals surface area (Å²) in [5.41, 5.74) is 18.5. The van der Waals surface area contributed by atoms with E-state index in [4.69, 9.17) is 0 Å². The van der Waals surface area contributed by atoms with Crippen LogP contribution in [0.2, 0.25) is 0 Å². The third-order valence-electron chi connectivity index (χ3n) is 4.39. The van der Waals surface area contributed by atoms with Crippen molar-refractivity contribution in [1.82, 2.24) is 4.90 Å². The van der Waals surface area contributed by atoms with Crippen LogP contribution in [0.4, 0.5) is 0 Å². The SMILES string of the molecule is C[C@@H](C1=C=C=C=C1P(C1=C[CH]C=C[CH-]1)c1ccccc1)N(C)C.[C]1=C=C=C=[C-]1.[Fe+2]. The third-order valence-corrected chi connectivity index (χ3v) is 6.82. The number of hydrogen-bond acceptors (Lipinski definition) is 1. The van der Waals surface area contributed by atoms with Crippen molar-refractivity contribution in [1.29, 1.82) is 0 Å². The predicted octanol–water partition coefficient (Wildman–Crippen LogP) is 4.96. The minimum Gasteiger partial charge on any atom is -0.302 e. The molecule has 1 aromatic carbocycles. The largest absolute Gasteiger partial charge is 2.00 e. The Morgan fingerprint density at radius 1 is 1.07 bits per heavy atom. The summed E-state index contributed by atoms with van der Waals surface area (Å²) in [6.45, 7) is 2.21. The summed E-state index contributed by atoms with van der Waals surface area (Å²) in [6.07, 6.45) is 15.7. The molecule has 0 amide bonds. The first kappa shape index (κ1) is 22.9. The van der Waals surface area contributed by atoms with Crippen molar-refractivity contribution in [3.8, 4) is 0 Å². The van der Waals surface area contributed by atoms with E-state index < -0.39 is 7.92 Å². The fraction of sp³-hybridized carbons (Fsp3) is 0.154. The van der Waals surface area contributed by atoms with Crippen molar-refractivity contribution in [2.24, 2.45) is 0 Å². The van der Waals surface area contributed by atoms with E-state index in [1.165, 1.54) is 21.5 Å². The van der Waals surface area contributed by atoms with Gasteiger partial charge < -0.3 is 4.90 Å². The van der Waals surface area contributed by atoms with Gasteiger partial charge in [-0.25, -0.2) is 5.73 Å². The second-order valence-corrected chi connectivity index (χ2v) is 8.56. The first-order chi connectivity index (χ1) is 13.7. The molecule has 0 saturated carbocycles. The minimum absolute atomic E-state index is 0. The number of benzene rings is 1. The molecule has 1 nitrogen and oxygen atoms in total. The number of likely N-dealkylation sites (N-methyl/N-ethyl adjacent to an activating group) is 1. The van der Waals surface area contributed by atoms with Gasteiger partial charge in [0.15, 0.2) is 0 Å². The van der Waals surface area contributed by atoms with Gasteiger partial charge in [0.25, 0.3) is 0 Å². The minimum atomic E-state index is -0.632. The number of rotatable bonds is 5. The molecular formula is C26H20FeNP. The number of hydrogen-bond donors (Lipinski definition) is 0. The van der Waals surface area contributed by atoms with E-state index in [-0.39, 0.29) is 17.1 Å². The van der Waals surface area contributed by atoms with Crippen LogP contribution in [-0.2, 0) is 17.1 Å². The van der Waals surface area contributed by atoms with Gasteiger partial charge in [-0.2, -0.15) is 24.6 Å². The van der Waals surface area contributed by atoms with Crippen LogP contribution >= 0.6 is 7.92 Å². The molecule has 0 aromatic heterocycles. The van der Waals surface area contributed by atoms with Crippen molar-refractivity contribution < 1.29 is 17.1 Å². The summed E-state index contributed by atoms with van der Waals surface area (Å²) in [4.78, 5) is 2.21. The second kappa shape index (κ2) is 11.6. The zero-order valence-corrected chi connectivity index (χ0v) is 18.6. The standard InChI is InChI=1S/C21H20NP.C5.Fe/c1-17(22(2)3)20-15-10-16-21(20)23(18-11-6-4-7-12-18)19-13-8-5-9-14-19;1-2-4-5-3-1;/h4-9,11-14,17H,1-3H3;;/q2*-1;+2/t17-;;/m0../s1. The normalized spacial score (nSPS) is 16.5. The Balaban J connectivity index is 0.000000437. The van der Waals surface area contributed by atoms with Gasteiger partial charge in [0.05, 0.1) is 0 Å². The summed E-state index contributed by atoms with van der Waals surface area (Å²) in [7, 11) is 3.57. The van der Waals surface area contributed by atoms with Crippen LogP contribution in [-0.4, -0.2) is 25.0 Å². The van der Waals surface area contributed by atoms with Crippen LogP contribution in [0.1, 0.15) is 6.92 Å². The molecule has 0 fully saturated rings. The molecule has 0 N–H and O–H groups in total. The van der Waals surface area contributed by atoms with Gasteiger partial charge in [-0.05, 0) is 40.0 Å². The molecule has 0 saturated heterocycles. The van der Waals surface area contributed by atoms with Crippen molar-refractivity contribution in [3.05, 3.63) is 124 Å². The van der Waals surface area contributed by atoms with Gasteiger partial charge in [0.1, 0.15) is 0 Å². The van der Waals surface area contributed by atoms with Gasteiger partial charge in [-0.1, -0.05) is 41.8 Å². The fourth-order valence-electron chi connectivity index (χ4n) is 2.74.